The number of benzene rings is 1. The van der Waals surface area contributed by atoms with Crippen LogP contribution >= 0.6 is 0 Å². The monoisotopic (exact) mass is 395 g/mol. The van der Waals surface area contributed by atoms with Crippen molar-refractivity contribution in [3.63, 3.8) is 0 Å². The van der Waals surface area contributed by atoms with E-state index in [1.165, 1.54) is 24.3 Å². The lowest BCUT2D eigenvalue weighted by Crippen LogP contribution is -2.52. The van der Waals surface area contributed by atoms with Gasteiger partial charge in [0.25, 0.3) is 0 Å². The Balaban J connectivity index is 1.47. The number of ether oxygens (including phenoxy) is 2. The predicted octanol–water partition coefficient (Wildman–Crippen LogP) is 1.10. The Morgan fingerprint density at radius 3 is 2.57 bits per heavy atom. The third kappa shape index (κ3) is 5.63. The topological polar surface area (TPSA) is 100 Å². The average Bonchev–Trinajstić information content (AvgIpc) is 2.71. The molecule has 0 unspecified atom stereocenters. The van der Waals surface area contributed by atoms with Crippen molar-refractivity contribution in [3.8, 4) is 0 Å². The Kier molecular flexibility index (Phi) is 7.18. The molecule has 0 aromatic heterocycles. The number of hydrogen-bond acceptors (Lipinski definition) is 5. The molecule has 2 aliphatic heterocycles. The first kappa shape index (κ1) is 20.5. The van der Waals surface area contributed by atoms with Gasteiger partial charge in [-0.3, -0.25) is 4.79 Å². The number of rotatable bonds is 5. The molecule has 1 aromatic rings. The summed E-state index contributed by atoms with van der Waals surface area (Å²) in [6.07, 6.45) is 0.572. The van der Waals surface area contributed by atoms with Crippen molar-refractivity contribution < 1.29 is 28.6 Å². The molecule has 1 aromatic carbocycles. The molecule has 28 heavy (non-hydrogen) atoms. The van der Waals surface area contributed by atoms with Crippen LogP contribution in [0.2, 0.25) is 0 Å². The van der Waals surface area contributed by atoms with Gasteiger partial charge >= 0.3 is 6.03 Å². The first-order valence-electron chi connectivity index (χ1n) is 9.50. The van der Waals surface area contributed by atoms with Gasteiger partial charge in [-0.15, -0.1) is 0 Å². The van der Waals surface area contributed by atoms with Crippen LogP contribution in [0.3, 0.4) is 0 Å². The van der Waals surface area contributed by atoms with E-state index in [9.17, 15) is 19.1 Å². The fourth-order valence-corrected chi connectivity index (χ4v) is 3.45. The van der Waals surface area contributed by atoms with Crippen molar-refractivity contribution in [2.75, 3.05) is 38.2 Å². The number of anilines is 1. The molecule has 2 fully saturated rings. The maximum Gasteiger partial charge on any atom is 0.319 e. The van der Waals surface area contributed by atoms with E-state index in [4.69, 9.17) is 9.47 Å². The number of aliphatic hydroxyl groups is 1. The highest BCUT2D eigenvalue weighted by molar-refractivity contribution is 5.89. The second-order valence-electron chi connectivity index (χ2n) is 6.97. The Morgan fingerprint density at radius 2 is 1.89 bits per heavy atom. The number of hydrogen-bond donors (Lipinski definition) is 3. The molecule has 0 bridgehead atoms. The van der Waals surface area contributed by atoms with Gasteiger partial charge in [0.05, 0.1) is 38.4 Å². The van der Waals surface area contributed by atoms with Crippen LogP contribution in [-0.2, 0) is 14.3 Å². The quantitative estimate of drug-likeness (QED) is 0.693. The van der Waals surface area contributed by atoms with Crippen LogP contribution in [0.5, 0.6) is 0 Å². The number of nitrogens with one attached hydrogen (secondary N) is 2. The molecule has 3 rings (SSSR count). The zero-order valence-corrected chi connectivity index (χ0v) is 15.6. The zero-order chi connectivity index (χ0) is 19.9. The van der Waals surface area contributed by atoms with Gasteiger partial charge < -0.3 is 30.1 Å². The Hall–Kier alpha value is -2.23. The number of nitrogens with zero attached hydrogens (tertiary/aromatic N) is 1. The minimum absolute atomic E-state index is 0.0189. The summed E-state index contributed by atoms with van der Waals surface area (Å²) in [6, 6.07) is 4.60. The lowest BCUT2D eigenvalue weighted by atomic mass is 9.97. The Bertz CT molecular complexity index is 666. The van der Waals surface area contributed by atoms with Crippen LogP contribution in [0.25, 0.3) is 0 Å². The third-order valence-electron chi connectivity index (χ3n) is 4.98. The number of halogens is 1. The zero-order valence-electron chi connectivity index (χ0n) is 15.6. The van der Waals surface area contributed by atoms with Crippen molar-refractivity contribution in [2.45, 2.75) is 37.5 Å². The molecule has 0 saturated carbocycles. The van der Waals surface area contributed by atoms with E-state index in [2.05, 4.69) is 10.6 Å². The molecule has 2 aliphatic rings. The first-order chi connectivity index (χ1) is 13.5. The number of aliphatic hydroxyl groups excluding tert-OH is 1. The fourth-order valence-electron chi connectivity index (χ4n) is 3.45. The number of amides is 3. The highest BCUT2D eigenvalue weighted by atomic mass is 19.1. The van der Waals surface area contributed by atoms with Crippen molar-refractivity contribution in [2.24, 2.45) is 0 Å². The molecular weight excluding hydrogens is 369 g/mol. The molecule has 0 radical (unpaired) electrons. The number of carbonyl (C=O) groups excluding carboxylic acids is 2. The number of morpholine rings is 1. The highest BCUT2D eigenvalue weighted by Crippen LogP contribution is 2.23. The normalized spacial score (nSPS) is 25.2. The molecule has 9 heteroatoms. The summed E-state index contributed by atoms with van der Waals surface area (Å²) in [4.78, 5) is 26.3. The molecule has 2 saturated heterocycles. The molecule has 3 N–H and O–H groups in total. The second kappa shape index (κ2) is 9.81. The van der Waals surface area contributed by atoms with Crippen molar-refractivity contribution in [1.29, 1.82) is 0 Å². The molecule has 0 aliphatic carbocycles. The van der Waals surface area contributed by atoms with Gasteiger partial charge in [-0.1, -0.05) is 0 Å². The number of carbonyl (C=O) groups is 2. The van der Waals surface area contributed by atoms with Gasteiger partial charge in [-0.05, 0) is 37.1 Å². The van der Waals surface area contributed by atoms with Crippen LogP contribution in [0, 0.1) is 5.82 Å². The standard InChI is InChI=1S/C19H26FN3O5/c20-13-1-3-14(4-2-13)21-19(26)22-16-6-5-15(28-17(16)12-24)11-18(25)23-7-9-27-10-8-23/h1-4,15-17,24H,5-12H2,(H2,21,22,26)/t15-,16+,17+/m0/s1. The first-order valence-corrected chi connectivity index (χ1v) is 9.50. The van der Waals surface area contributed by atoms with E-state index in [1.807, 2.05) is 0 Å². The smallest absolute Gasteiger partial charge is 0.319 e. The summed E-state index contributed by atoms with van der Waals surface area (Å²) in [6.45, 7) is 2.01. The van der Waals surface area contributed by atoms with E-state index in [-0.39, 0.29) is 36.9 Å². The average molecular weight is 395 g/mol. The Morgan fingerprint density at radius 1 is 1.18 bits per heavy atom. The van der Waals surface area contributed by atoms with Gasteiger partial charge in [0, 0.05) is 18.8 Å². The van der Waals surface area contributed by atoms with Crippen LogP contribution in [0.15, 0.2) is 24.3 Å². The van der Waals surface area contributed by atoms with Gasteiger partial charge in [0.1, 0.15) is 11.9 Å². The maximum absolute atomic E-state index is 12.9. The summed E-state index contributed by atoms with van der Waals surface area (Å²) < 4.78 is 24.0. The summed E-state index contributed by atoms with van der Waals surface area (Å²) in [5.74, 6) is -0.366. The molecule has 2 heterocycles. The molecular formula is C19H26FN3O5. The molecule has 3 amide bonds. The molecule has 8 nitrogen and oxygen atoms in total. The van der Waals surface area contributed by atoms with E-state index in [1.54, 1.807) is 4.90 Å². The largest absolute Gasteiger partial charge is 0.394 e. The number of urea groups is 1. The van der Waals surface area contributed by atoms with E-state index in [0.29, 0.717) is 44.8 Å². The van der Waals surface area contributed by atoms with Crippen molar-refractivity contribution in [1.82, 2.24) is 10.2 Å². The van der Waals surface area contributed by atoms with E-state index >= 15 is 0 Å². The molecule has 0 spiro atoms. The van der Waals surface area contributed by atoms with Crippen molar-refractivity contribution in [3.05, 3.63) is 30.1 Å². The van der Waals surface area contributed by atoms with Crippen LogP contribution in [0.1, 0.15) is 19.3 Å². The van der Waals surface area contributed by atoms with Crippen LogP contribution in [0.4, 0.5) is 14.9 Å². The highest BCUT2D eigenvalue weighted by Gasteiger charge is 2.33. The fraction of sp³-hybridized carbons (Fsp3) is 0.579. The lowest BCUT2D eigenvalue weighted by molar-refractivity contribution is -0.143. The summed E-state index contributed by atoms with van der Waals surface area (Å²) in [5.41, 5.74) is 0.463. The maximum atomic E-state index is 12.9. The molecule has 3 atom stereocenters. The lowest BCUT2D eigenvalue weighted by Gasteiger charge is -2.37. The third-order valence-corrected chi connectivity index (χ3v) is 4.98. The summed E-state index contributed by atoms with van der Waals surface area (Å²) in [5, 5.41) is 15.0. The van der Waals surface area contributed by atoms with E-state index < -0.39 is 12.1 Å². The predicted molar refractivity (Wildman–Crippen MR) is 99.3 cm³/mol. The SMILES string of the molecule is O=C(Nc1ccc(F)cc1)N[C@@H]1CC[C@@H](CC(=O)N2CCOCC2)O[C@@H]1CO. The minimum Gasteiger partial charge on any atom is -0.394 e. The van der Waals surface area contributed by atoms with Gasteiger partial charge in [-0.2, -0.15) is 0 Å². The minimum atomic E-state index is -0.588. The molecule has 154 valence electrons. The summed E-state index contributed by atoms with van der Waals surface area (Å²) in [7, 11) is 0. The van der Waals surface area contributed by atoms with Gasteiger partial charge in [0.15, 0.2) is 0 Å². The van der Waals surface area contributed by atoms with E-state index in [0.717, 1.165) is 0 Å². The van der Waals surface area contributed by atoms with Crippen molar-refractivity contribution >= 4 is 17.6 Å². The van der Waals surface area contributed by atoms with Gasteiger partial charge in [-0.25, -0.2) is 9.18 Å². The van der Waals surface area contributed by atoms with Crippen LogP contribution in [-0.4, -0.2) is 73.1 Å². The Labute approximate surface area is 163 Å². The summed E-state index contributed by atoms with van der Waals surface area (Å²) >= 11 is 0. The van der Waals surface area contributed by atoms with Gasteiger partial charge in [0.2, 0.25) is 5.91 Å². The second-order valence-corrected chi connectivity index (χ2v) is 6.97. The van der Waals surface area contributed by atoms with Crippen LogP contribution < -0.4 is 10.6 Å².